The van der Waals surface area contributed by atoms with Crippen LogP contribution < -0.4 is 0 Å². The summed E-state index contributed by atoms with van der Waals surface area (Å²) in [6.45, 7) is 0. The quantitative estimate of drug-likeness (QED) is 0.599. The van der Waals surface area contributed by atoms with Crippen molar-refractivity contribution in [1.82, 2.24) is 0 Å². The molecular weight excluding hydrogens is 439 g/mol. The maximum absolute atomic E-state index is 12.4. The van der Waals surface area contributed by atoms with E-state index < -0.39 is 56.7 Å². The Labute approximate surface area is 127 Å². The minimum Gasteiger partial charge on any atom is -0.337 e. The molecule has 24 heavy (non-hydrogen) atoms. The molecule has 0 aliphatic carbocycles. The first-order valence-electron chi connectivity index (χ1n) is 4.54. The summed E-state index contributed by atoms with van der Waals surface area (Å²) in [5.41, 5.74) is -21.5. The van der Waals surface area contributed by atoms with E-state index in [1.807, 2.05) is 0 Å². The van der Waals surface area contributed by atoms with Gasteiger partial charge >= 0.3 is 49.6 Å². The third kappa shape index (κ3) is 2.73. The first-order chi connectivity index (χ1) is 10.1. The fourth-order valence-corrected chi connectivity index (χ4v) is 7.86. The smallest absolute Gasteiger partial charge is 0.337 e. The number of sulfone groups is 3. The number of halogens is 9. The highest BCUT2D eigenvalue weighted by Gasteiger charge is 2.84. The van der Waals surface area contributed by atoms with Crippen LogP contribution in [0.3, 0.4) is 0 Å². The van der Waals surface area contributed by atoms with Crippen LogP contribution >= 0.6 is 0 Å². The highest BCUT2D eigenvalue weighted by atomic mass is 32.3. The molecule has 0 amide bonds. The Morgan fingerprint density at radius 2 is 0.708 bits per heavy atom. The third-order valence-corrected chi connectivity index (χ3v) is 10.4. The molecule has 0 heterocycles. The summed E-state index contributed by atoms with van der Waals surface area (Å²) in [6.07, 6.45) is 0. The molecule has 0 fully saturated rings. The molecule has 0 rings (SSSR count). The normalized spacial score (nSPS) is 16.2. The van der Waals surface area contributed by atoms with Crippen molar-refractivity contribution >= 4 is 29.5 Å². The standard InChI is InChI=1S/C5H3F9O7S3/c1-21-5(22(15,16)2(6,7)8,23(17,18)3(9,10)11)24(19,20)4(12,13)14/h1H3. The highest BCUT2D eigenvalue weighted by molar-refractivity contribution is 8.26. The second-order valence-electron chi connectivity index (χ2n) is 3.55. The van der Waals surface area contributed by atoms with Crippen LogP contribution in [0.25, 0.3) is 0 Å². The first kappa shape index (κ1) is 23.2. The Kier molecular flexibility index (Phi) is 5.40. The molecule has 19 heteroatoms. The van der Waals surface area contributed by atoms with Gasteiger partial charge in [-0.25, -0.2) is 25.3 Å². The van der Waals surface area contributed by atoms with Crippen molar-refractivity contribution in [2.45, 2.75) is 20.1 Å². The van der Waals surface area contributed by atoms with Crippen LogP contribution in [-0.4, -0.2) is 52.5 Å². The zero-order chi connectivity index (χ0) is 20.2. The zero-order valence-electron chi connectivity index (χ0n) is 10.5. The van der Waals surface area contributed by atoms with E-state index in [1.165, 1.54) is 0 Å². The van der Waals surface area contributed by atoms with Crippen LogP contribution in [-0.2, 0) is 34.2 Å². The van der Waals surface area contributed by atoms with E-state index in [2.05, 4.69) is 4.74 Å². The zero-order valence-corrected chi connectivity index (χ0v) is 12.9. The molecule has 0 aromatic heterocycles. The summed E-state index contributed by atoms with van der Waals surface area (Å²) in [5.74, 6) is 0. The Morgan fingerprint density at radius 3 is 0.792 bits per heavy atom. The third-order valence-electron chi connectivity index (χ3n) is 2.15. The topological polar surface area (TPSA) is 112 Å². The maximum Gasteiger partial charge on any atom is 0.502 e. The molecule has 0 aliphatic heterocycles. The van der Waals surface area contributed by atoms with Gasteiger partial charge in [-0.2, -0.15) is 39.5 Å². The van der Waals surface area contributed by atoms with Gasteiger partial charge in [0.25, 0.3) is 0 Å². The molecule has 0 radical (unpaired) electrons. The molecule has 146 valence electrons. The molecule has 0 bridgehead atoms. The monoisotopic (exact) mass is 442 g/mol. The number of ether oxygens (including phenoxy) is 1. The van der Waals surface area contributed by atoms with Crippen molar-refractivity contribution in [2.24, 2.45) is 0 Å². The molecule has 0 saturated heterocycles. The largest absolute Gasteiger partial charge is 0.502 e. The van der Waals surface area contributed by atoms with Gasteiger partial charge in [-0.3, -0.25) is 0 Å². The summed E-state index contributed by atoms with van der Waals surface area (Å²) < 4.78 is 174. The fourth-order valence-electron chi connectivity index (χ4n) is 1.19. The molecule has 0 atom stereocenters. The van der Waals surface area contributed by atoms with Gasteiger partial charge in [-0.15, -0.1) is 0 Å². The van der Waals surface area contributed by atoms with E-state index in [0.29, 0.717) is 0 Å². The van der Waals surface area contributed by atoms with E-state index in [4.69, 9.17) is 0 Å². The van der Waals surface area contributed by atoms with E-state index in [-0.39, 0.29) is 0 Å². The van der Waals surface area contributed by atoms with Gasteiger partial charge in [0, 0.05) is 7.11 Å². The van der Waals surface area contributed by atoms with Crippen LogP contribution in [0.5, 0.6) is 0 Å². The molecule has 0 aromatic carbocycles. The van der Waals surface area contributed by atoms with E-state index >= 15 is 0 Å². The minimum absolute atomic E-state index is 0.699. The Balaban J connectivity index is 7.69. The average Bonchev–Trinajstić information content (AvgIpc) is 2.24. The molecule has 0 aliphatic rings. The summed E-state index contributed by atoms with van der Waals surface area (Å²) in [5, 5.41) is 0. The highest BCUT2D eigenvalue weighted by Crippen LogP contribution is 2.51. The van der Waals surface area contributed by atoms with Crippen molar-refractivity contribution < 1.29 is 69.5 Å². The summed E-state index contributed by atoms with van der Waals surface area (Å²) >= 11 is 0. The summed E-state index contributed by atoms with van der Waals surface area (Å²) in [7, 11) is -25.5. The summed E-state index contributed by atoms with van der Waals surface area (Å²) in [4.78, 5) is 0. The van der Waals surface area contributed by atoms with Crippen LogP contribution in [0, 0.1) is 0 Å². The SMILES string of the molecule is COC(S(=O)(=O)C(F)(F)F)(S(=O)(=O)C(F)(F)F)S(=O)(=O)C(F)(F)F. The van der Waals surface area contributed by atoms with Crippen molar-refractivity contribution in [3.05, 3.63) is 0 Å². The number of rotatable bonds is 4. The van der Waals surface area contributed by atoms with Crippen LogP contribution in [0.4, 0.5) is 39.5 Å². The molecule has 7 nitrogen and oxygen atoms in total. The van der Waals surface area contributed by atoms with Gasteiger partial charge in [0.15, 0.2) is 0 Å². The predicted octanol–water partition coefficient (Wildman–Crippen LogP) is 1.05. The van der Waals surface area contributed by atoms with Crippen molar-refractivity contribution in [3.8, 4) is 0 Å². The lowest BCUT2D eigenvalue weighted by Gasteiger charge is -2.31. The van der Waals surface area contributed by atoms with Crippen molar-refractivity contribution in [3.63, 3.8) is 0 Å². The second-order valence-corrected chi connectivity index (χ2v) is 10.5. The van der Waals surface area contributed by atoms with Gasteiger partial charge < -0.3 is 4.74 Å². The minimum atomic E-state index is -8.27. The Bertz CT molecular complexity index is 688. The lowest BCUT2D eigenvalue weighted by atomic mass is 11.4. The van der Waals surface area contributed by atoms with Crippen molar-refractivity contribution in [1.29, 1.82) is 0 Å². The molecule has 0 aromatic rings. The van der Waals surface area contributed by atoms with Gasteiger partial charge in [0.05, 0.1) is 0 Å². The molecule has 0 N–H and O–H groups in total. The van der Waals surface area contributed by atoms with Gasteiger partial charge in [0.1, 0.15) is 0 Å². The number of methoxy groups -OCH3 is 1. The number of hydrogen-bond acceptors (Lipinski definition) is 7. The van der Waals surface area contributed by atoms with Crippen LogP contribution in [0.15, 0.2) is 0 Å². The van der Waals surface area contributed by atoms with Gasteiger partial charge in [0.2, 0.25) is 0 Å². The van der Waals surface area contributed by atoms with E-state index in [9.17, 15) is 64.8 Å². The Morgan fingerprint density at radius 1 is 0.542 bits per heavy atom. The molecule has 0 unspecified atom stereocenters. The Hall–Kier alpha value is -0.820. The maximum atomic E-state index is 12.4. The van der Waals surface area contributed by atoms with Crippen LogP contribution in [0.2, 0.25) is 0 Å². The molecular formula is C5H3F9O7S3. The van der Waals surface area contributed by atoms with E-state index in [0.717, 1.165) is 0 Å². The van der Waals surface area contributed by atoms with E-state index in [1.54, 1.807) is 0 Å². The lowest BCUT2D eigenvalue weighted by Crippen LogP contribution is -2.64. The fraction of sp³-hybridized carbons (Fsp3) is 1.00. The van der Waals surface area contributed by atoms with Gasteiger partial charge in [-0.05, 0) is 0 Å². The van der Waals surface area contributed by atoms with Gasteiger partial charge in [-0.1, -0.05) is 0 Å². The second kappa shape index (κ2) is 5.59. The molecule has 0 saturated carbocycles. The van der Waals surface area contributed by atoms with Crippen LogP contribution in [0.1, 0.15) is 0 Å². The van der Waals surface area contributed by atoms with Crippen molar-refractivity contribution in [2.75, 3.05) is 7.11 Å². The molecule has 0 spiro atoms. The summed E-state index contributed by atoms with van der Waals surface area (Å²) in [6, 6.07) is 0. The number of hydrogen-bond donors (Lipinski definition) is 0. The first-order valence-corrected chi connectivity index (χ1v) is 8.99. The lowest BCUT2D eigenvalue weighted by molar-refractivity contribution is -0.0611. The number of alkyl halides is 9. The predicted molar refractivity (Wildman–Crippen MR) is 54.7 cm³/mol. The average molecular weight is 442 g/mol.